The van der Waals surface area contributed by atoms with Crippen LogP contribution in [0.5, 0.6) is 0 Å². The van der Waals surface area contributed by atoms with Gasteiger partial charge in [0, 0.05) is 4.47 Å². The van der Waals surface area contributed by atoms with E-state index in [4.69, 9.17) is 0 Å². The quantitative estimate of drug-likeness (QED) is 0.316. The third kappa shape index (κ3) is 6.46. The number of quaternary nitrogens is 1. The van der Waals surface area contributed by atoms with Crippen molar-refractivity contribution in [3.63, 3.8) is 0 Å². The molecule has 2 aromatic carbocycles. The Morgan fingerprint density at radius 2 is 1.61 bits per heavy atom. The maximum absolute atomic E-state index is 3.66. The summed E-state index contributed by atoms with van der Waals surface area (Å²) >= 11 is 3.66. The first-order chi connectivity index (χ1) is 13.7. The van der Waals surface area contributed by atoms with Crippen LogP contribution in [0.25, 0.3) is 0 Å². The van der Waals surface area contributed by atoms with E-state index in [9.17, 15) is 0 Å². The standard InChI is InChI=1S/C26H33BrN/c1-23(22-24-12-4-2-5-13-24)17-21-28(18-9-3-10-19-28)20-11-8-15-25-14-6-7-16-26(25)27/h2,4-8,11-14,16-17H,3,9-10,15,18-22H2,1H3/q+1/b11-8+,23-17+. The third-order valence-corrected chi connectivity index (χ3v) is 6.65. The van der Waals surface area contributed by atoms with Crippen molar-refractivity contribution < 1.29 is 4.48 Å². The fourth-order valence-corrected chi connectivity index (χ4v) is 4.58. The van der Waals surface area contributed by atoms with Crippen LogP contribution in [0, 0.1) is 0 Å². The highest BCUT2D eigenvalue weighted by atomic mass is 79.9. The molecule has 0 aromatic heterocycles. The van der Waals surface area contributed by atoms with Gasteiger partial charge in [-0.05, 0) is 68.4 Å². The molecular weight excluding hydrogens is 406 g/mol. The predicted molar refractivity (Wildman–Crippen MR) is 124 cm³/mol. The lowest BCUT2D eigenvalue weighted by atomic mass is 10.0. The highest BCUT2D eigenvalue weighted by Gasteiger charge is 2.27. The van der Waals surface area contributed by atoms with Gasteiger partial charge < -0.3 is 4.48 Å². The van der Waals surface area contributed by atoms with Crippen molar-refractivity contribution in [2.45, 2.75) is 39.0 Å². The maximum Gasteiger partial charge on any atom is 0.0978 e. The molecule has 148 valence electrons. The fraction of sp³-hybridized carbons (Fsp3) is 0.385. The zero-order chi connectivity index (χ0) is 19.7. The van der Waals surface area contributed by atoms with Gasteiger partial charge in [-0.25, -0.2) is 0 Å². The summed E-state index contributed by atoms with van der Waals surface area (Å²) < 4.78 is 2.43. The van der Waals surface area contributed by atoms with Crippen LogP contribution in [-0.4, -0.2) is 30.7 Å². The van der Waals surface area contributed by atoms with Crippen LogP contribution in [0.15, 0.2) is 82.9 Å². The van der Waals surface area contributed by atoms with Gasteiger partial charge in [0.25, 0.3) is 0 Å². The van der Waals surface area contributed by atoms with E-state index in [0.29, 0.717) is 0 Å². The molecule has 0 unspecified atom stereocenters. The van der Waals surface area contributed by atoms with Crippen molar-refractivity contribution in [3.05, 3.63) is 94.0 Å². The summed E-state index contributed by atoms with van der Waals surface area (Å²) in [5.41, 5.74) is 4.27. The van der Waals surface area contributed by atoms with Crippen molar-refractivity contribution in [2.75, 3.05) is 26.2 Å². The van der Waals surface area contributed by atoms with Gasteiger partial charge >= 0.3 is 0 Å². The van der Waals surface area contributed by atoms with Gasteiger partial charge in [-0.3, -0.25) is 0 Å². The summed E-state index contributed by atoms with van der Waals surface area (Å²) in [6.07, 6.45) is 13.5. The highest BCUT2D eigenvalue weighted by molar-refractivity contribution is 9.10. The molecule has 0 radical (unpaired) electrons. The van der Waals surface area contributed by atoms with Crippen LogP contribution in [-0.2, 0) is 12.8 Å². The number of rotatable bonds is 8. The molecule has 0 bridgehead atoms. The Bertz CT molecular complexity index is 785. The van der Waals surface area contributed by atoms with Crippen molar-refractivity contribution in [1.29, 1.82) is 0 Å². The monoisotopic (exact) mass is 438 g/mol. The second-order valence-corrected chi connectivity index (χ2v) is 9.05. The van der Waals surface area contributed by atoms with Crippen molar-refractivity contribution in [1.82, 2.24) is 0 Å². The van der Waals surface area contributed by atoms with Gasteiger partial charge in [0.05, 0.1) is 26.2 Å². The molecular formula is C26H33BrN+. The largest absolute Gasteiger partial charge is 0.317 e. The first-order valence-electron chi connectivity index (χ1n) is 10.6. The molecule has 1 nitrogen and oxygen atoms in total. The number of halogens is 1. The first kappa shape index (κ1) is 21.1. The minimum Gasteiger partial charge on any atom is -0.317 e. The number of hydrogen-bond donors (Lipinski definition) is 0. The number of allylic oxidation sites excluding steroid dienone is 2. The molecule has 1 saturated heterocycles. The minimum absolute atomic E-state index is 1.00. The summed E-state index contributed by atoms with van der Waals surface area (Å²) in [4.78, 5) is 0. The van der Waals surface area contributed by atoms with Crippen molar-refractivity contribution >= 4 is 15.9 Å². The molecule has 0 aliphatic carbocycles. The Balaban J connectivity index is 1.59. The average Bonchev–Trinajstić information content (AvgIpc) is 2.73. The maximum atomic E-state index is 3.66. The summed E-state index contributed by atoms with van der Waals surface area (Å²) in [5.74, 6) is 0. The molecule has 0 N–H and O–H groups in total. The van der Waals surface area contributed by atoms with Crippen LogP contribution >= 0.6 is 15.9 Å². The summed E-state index contributed by atoms with van der Waals surface area (Å²) in [7, 11) is 0. The highest BCUT2D eigenvalue weighted by Crippen LogP contribution is 2.21. The number of piperidine rings is 1. The second kappa shape index (κ2) is 10.8. The number of likely N-dealkylation sites (tertiary alicyclic amines) is 1. The van der Waals surface area contributed by atoms with E-state index < -0.39 is 0 Å². The normalized spacial score (nSPS) is 17.1. The molecule has 2 heteroatoms. The number of nitrogens with zero attached hydrogens (tertiary/aromatic N) is 1. The van der Waals surface area contributed by atoms with Crippen molar-refractivity contribution in [2.24, 2.45) is 0 Å². The molecule has 0 saturated carbocycles. The molecule has 0 spiro atoms. The van der Waals surface area contributed by atoms with Crippen LogP contribution in [0.3, 0.4) is 0 Å². The smallest absolute Gasteiger partial charge is 0.0978 e. The zero-order valence-electron chi connectivity index (χ0n) is 17.1. The van der Waals surface area contributed by atoms with E-state index in [1.54, 1.807) is 0 Å². The predicted octanol–water partition coefficient (Wildman–Crippen LogP) is 6.74. The van der Waals surface area contributed by atoms with Crippen molar-refractivity contribution in [3.8, 4) is 0 Å². The van der Waals surface area contributed by atoms with E-state index in [-0.39, 0.29) is 0 Å². The third-order valence-electron chi connectivity index (χ3n) is 5.87. The number of hydrogen-bond acceptors (Lipinski definition) is 0. The molecule has 1 fully saturated rings. The van der Waals surface area contributed by atoms with Crippen LogP contribution in [0.1, 0.15) is 37.3 Å². The lowest BCUT2D eigenvalue weighted by Crippen LogP contribution is -2.51. The van der Waals surface area contributed by atoms with E-state index in [1.807, 2.05) is 0 Å². The lowest BCUT2D eigenvalue weighted by Gasteiger charge is -2.40. The Kier molecular flexibility index (Phi) is 8.12. The van der Waals surface area contributed by atoms with Gasteiger partial charge in [-0.1, -0.05) is 76.1 Å². The van der Waals surface area contributed by atoms with Crippen LogP contribution in [0.4, 0.5) is 0 Å². The minimum atomic E-state index is 1.00. The summed E-state index contributed by atoms with van der Waals surface area (Å²) in [6.45, 7) is 7.23. The van der Waals surface area contributed by atoms with Gasteiger partial charge in [0.1, 0.15) is 0 Å². The molecule has 2 aromatic rings. The van der Waals surface area contributed by atoms with Crippen LogP contribution < -0.4 is 0 Å². The topological polar surface area (TPSA) is 0 Å². The fourth-order valence-electron chi connectivity index (χ4n) is 4.13. The molecule has 1 heterocycles. The van der Waals surface area contributed by atoms with E-state index in [1.165, 1.54) is 58.0 Å². The van der Waals surface area contributed by atoms with Gasteiger partial charge in [0.15, 0.2) is 0 Å². The van der Waals surface area contributed by atoms with Gasteiger partial charge in [0.2, 0.25) is 0 Å². The molecule has 0 amide bonds. The second-order valence-electron chi connectivity index (χ2n) is 8.19. The lowest BCUT2D eigenvalue weighted by molar-refractivity contribution is -0.921. The van der Waals surface area contributed by atoms with E-state index in [2.05, 4.69) is 95.7 Å². The molecule has 3 rings (SSSR count). The SMILES string of the molecule is C/C(=C\C[N+]1(C/C=C/Cc2ccccc2Br)CCCCC1)Cc1ccccc1. The Hall–Kier alpha value is -1.64. The summed E-state index contributed by atoms with van der Waals surface area (Å²) in [5, 5.41) is 0. The van der Waals surface area contributed by atoms with E-state index >= 15 is 0 Å². The molecule has 1 aliphatic rings. The molecule has 0 atom stereocenters. The number of benzene rings is 2. The Morgan fingerprint density at radius 1 is 0.893 bits per heavy atom. The summed E-state index contributed by atoms with van der Waals surface area (Å²) in [6, 6.07) is 19.4. The van der Waals surface area contributed by atoms with Crippen LogP contribution in [0.2, 0.25) is 0 Å². The Morgan fingerprint density at radius 3 is 2.36 bits per heavy atom. The van der Waals surface area contributed by atoms with E-state index in [0.717, 1.165) is 25.9 Å². The van der Waals surface area contributed by atoms with Gasteiger partial charge in [-0.2, -0.15) is 0 Å². The Labute approximate surface area is 179 Å². The first-order valence-corrected chi connectivity index (χ1v) is 11.4. The van der Waals surface area contributed by atoms with Gasteiger partial charge in [-0.15, -0.1) is 0 Å². The average molecular weight is 439 g/mol. The molecule has 1 aliphatic heterocycles. The molecule has 28 heavy (non-hydrogen) atoms. The zero-order valence-corrected chi connectivity index (χ0v) is 18.7.